The fraction of sp³-hybridized carbons (Fsp3) is 0.333. The second kappa shape index (κ2) is 5.23. The average Bonchev–Trinajstić information content (AvgIpc) is 3.09. The predicted molar refractivity (Wildman–Crippen MR) is 76.8 cm³/mol. The molecule has 1 aliphatic carbocycles. The van der Waals surface area contributed by atoms with Gasteiger partial charge in [-0.05, 0) is 36.6 Å². The van der Waals surface area contributed by atoms with Crippen LogP contribution in [-0.4, -0.2) is 15.9 Å². The van der Waals surface area contributed by atoms with Crippen molar-refractivity contribution >= 4 is 17.7 Å². The molecule has 1 aliphatic rings. The third-order valence-electron chi connectivity index (χ3n) is 3.94. The van der Waals surface area contributed by atoms with Crippen LogP contribution < -0.4 is 0 Å². The highest BCUT2D eigenvalue weighted by atomic mass is 35.5. The largest absolute Gasteiger partial charge is 0.235 e. The first kappa shape index (κ1) is 13.1. The van der Waals surface area contributed by atoms with E-state index in [9.17, 15) is 4.79 Å². The first-order valence-corrected chi connectivity index (χ1v) is 7.02. The van der Waals surface area contributed by atoms with Crippen molar-refractivity contribution < 1.29 is 4.79 Å². The molecule has 5 heteroatoms. The second-order valence-electron chi connectivity index (χ2n) is 5.05. The number of rotatable bonds is 3. The molecule has 1 fully saturated rings. The summed E-state index contributed by atoms with van der Waals surface area (Å²) in [7, 11) is 0. The standard InChI is InChI=1S/C15H14ClN3O/c16-14-7-10-18-19(14)13-5-3-12(4-6-13)15(17-11-20)8-1-2-9-15/h3-7,10H,1-2,8-9H2. The zero-order valence-corrected chi connectivity index (χ0v) is 11.7. The van der Waals surface area contributed by atoms with Crippen LogP contribution in [0.5, 0.6) is 0 Å². The van der Waals surface area contributed by atoms with Crippen LogP contribution in [0.25, 0.3) is 5.69 Å². The van der Waals surface area contributed by atoms with Gasteiger partial charge in [0.25, 0.3) is 0 Å². The van der Waals surface area contributed by atoms with Crippen LogP contribution in [0.2, 0.25) is 5.15 Å². The number of aliphatic imine (C=N–C) groups is 1. The van der Waals surface area contributed by atoms with E-state index in [2.05, 4.69) is 10.1 Å². The zero-order chi connectivity index (χ0) is 14.0. The lowest BCUT2D eigenvalue weighted by molar-refractivity contribution is 0.456. The van der Waals surface area contributed by atoms with Crippen molar-refractivity contribution in [3.63, 3.8) is 0 Å². The maximum Gasteiger partial charge on any atom is 0.235 e. The number of benzene rings is 1. The predicted octanol–water partition coefficient (Wildman–Crippen LogP) is 3.63. The van der Waals surface area contributed by atoms with Gasteiger partial charge in [-0.25, -0.2) is 9.48 Å². The molecule has 0 amide bonds. The van der Waals surface area contributed by atoms with Crippen molar-refractivity contribution in [1.82, 2.24) is 9.78 Å². The molecular formula is C15H14ClN3O. The highest BCUT2D eigenvalue weighted by molar-refractivity contribution is 6.29. The molecule has 1 heterocycles. The lowest BCUT2D eigenvalue weighted by Gasteiger charge is -2.23. The number of hydrogen-bond donors (Lipinski definition) is 0. The van der Waals surface area contributed by atoms with E-state index in [1.165, 1.54) is 0 Å². The third-order valence-corrected chi connectivity index (χ3v) is 4.22. The molecule has 1 saturated carbocycles. The van der Waals surface area contributed by atoms with Crippen molar-refractivity contribution in [1.29, 1.82) is 0 Å². The van der Waals surface area contributed by atoms with Crippen LogP contribution in [0.15, 0.2) is 41.5 Å². The summed E-state index contributed by atoms with van der Waals surface area (Å²) in [4.78, 5) is 14.8. The van der Waals surface area contributed by atoms with Gasteiger partial charge in [-0.1, -0.05) is 36.6 Å². The van der Waals surface area contributed by atoms with E-state index in [-0.39, 0.29) is 5.54 Å². The molecule has 102 valence electrons. The van der Waals surface area contributed by atoms with Crippen molar-refractivity contribution in [2.45, 2.75) is 31.2 Å². The molecule has 2 aromatic rings. The Kier molecular flexibility index (Phi) is 3.43. The second-order valence-corrected chi connectivity index (χ2v) is 5.44. The van der Waals surface area contributed by atoms with E-state index in [0.29, 0.717) is 5.15 Å². The Morgan fingerprint density at radius 2 is 1.90 bits per heavy atom. The normalized spacial score (nSPS) is 16.9. The Labute approximate surface area is 122 Å². The molecule has 0 atom stereocenters. The third kappa shape index (κ3) is 2.17. The minimum absolute atomic E-state index is 0.381. The van der Waals surface area contributed by atoms with Gasteiger partial charge in [-0.2, -0.15) is 10.1 Å². The Bertz CT molecular complexity index is 650. The molecule has 0 N–H and O–H groups in total. The van der Waals surface area contributed by atoms with Crippen molar-refractivity contribution in [3.05, 3.63) is 47.2 Å². The lowest BCUT2D eigenvalue weighted by atomic mass is 9.89. The minimum Gasteiger partial charge on any atom is -0.222 e. The van der Waals surface area contributed by atoms with E-state index in [4.69, 9.17) is 11.6 Å². The Hall–Kier alpha value is -1.90. The van der Waals surface area contributed by atoms with Crippen LogP contribution in [0.3, 0.4) is 0 Å². The van der Waals surface area contributed by atoms with Gasteiger partial charge < -0.3 is 0 Å². The first-order chi connectivity index (χ1) is 9.75. The summed E-state index contributed by atoms with van der Waals surface area (Å²) in [5.74, 6) is 0. The Morgan fingerprint density at radius 1 is 1.20 bits per heavy atom. The zero-order valence-electron chi connectivity index (χ0n) is 10.9. The molecule has 0 bridgehead atoms. The van der Waals surface area contributed by atoms with Crippen molar-refractivity contribution in [2.24, 2.45) is 4.99 Å². The summed E-state index contributed by atoms with van der Waals surface area (Å²) in [6, 6.07) is 9.65. The van der Waals surface area contributed by atoms with Gasteiger partial charge in [0.05, 0.1) is 17.4 Å². The summed E-state index contributed by atoms with van der Waals surface area (Å²) < 4.78 is 1.66. The number of nitrogens with zero attached hydrogens (tertiary/aromatic N) is 3. The molecular weight excluding hydrogens is 274 g/mol. The number of hydrogen-bond acceptors (Lipinski definition) is 3. The summed E-state index contributed by atoms with van der Waals surface area (Å²) in [5, 5.41) is 4.73. The Balaban J connectivity index is 1.97. The molecule has 1 aromatic carbocycles. The van der Waals surface area contributed by atoms with Gasteiger partial charge in [-0.15, -0.1) is 0 Å². The molecule has 0 radical (unpaired) electrons. The van der Waals surface area contributed by atoms with Crippen LogP contribution in [0, 0.1) is 0 Å². The van der Waals surface area contributed by atoms with Gasteiger partial charge in [0.1, 0.15) is 5.15 Å². The monoisotopic (exact) mass is 287 g/mol. The number of isocyanates is 1. The molecule has 0 aliphatic heterocycles. The highest BCUT2D eigenvalue weighted by Crippen LogP contribution is 2.42. The number of aromatic nitrogens is 2. The van der Waals surface area contributed by atoms with Crippen LogP contribution in [0.1, 0.15) is 31.2 Å². The van der Waals surface area contributed by atoms with Crippen LogP contribution in [0.4, 0.5) is 0 Å². The van der Waals surface area contributed by atoms with Gasteiger partial charge in [-0.3, -0.25) is 0 Å². The van der Waals surface area contributed by atoms with Gasteiger partial charge in [0.2, 0.25) is 6.08 Å². The number of carbonyl (C=O) groups excluding carboxylic acids is 1. The minimum atomic E-state index is -0.381. The first-order valence-electron chi connectivity index (χ1n) is 6.65. The maximum atomic E-state index is 10.7. The molecule has 0 saturated heterocycles. The average molecular weight is 288 g/mol. The van der Waals surface area contributed by atoms with E-state index >= 15 is 0 Å². The van der Waals surface area contributed by atoms with Crippen LogP contribution in [-0.2, 0) is 10.3 Å². The lowest BCUT2D eigenvalue weighted by Crippen LogP contribution is -2.18. The summed E-state index contributed by atoms with van der Waals surface area (Å²) >= 11 is 6.05. The summed E-state index contributed by atoms with van der Waals surface area (Å²) in [5.41, 5.74) is 1.58. The molecule has 0 unspecified atom stereocenters. The summed E-state index contributed by atoms with van der Waals surface area (Å²) in [6.07, 6.45) is 7.40. The van der Waals surface area contributed by atoms with Crippen LogP contribution >= 0.6 is 11.6 Å². The molecule has 0 spiro atoms. The van der Waals surface area contributed by atoms with Gasteiger partial charge in [0, 0.05) is 0 Å². The van der Waals surface area contributed by atoms with E-state index in [1.807, 2.05) is 24.3 Å². The smallest absolute Gasteiger partial charge is 0.222 e. The maximum absolute atomic E-state index is 10.7. The van der Waals surface area contributed by atoms with Crippen molar-refractivity contribution in [2.75, 3.05) is 0 Å². The summed E-state index contributed by atoms with van der Waals surface area (Å²) in [6.45, 7) is 0. The Morgan fingerprint density at radius 3 is 2.45 bits per heavy atom. The van der Waals surface area contributed by atoms with Gasteiger partial charge >= 0.3 is 0 Å². The fourth-order valence-electron chi connectivity index (χ4n) is 2.90. The quantitative estimate of drug-likeness (QED) is 0.639. The van der Waals surface area contributed by atoms with Gasteiger partial charge in [0.15, 0.2) is 0 Å². The molecule has 1 aromatic heterocycles. The highest BCUT2D eigenvalue weighted by Gasteiger charge is 2.35. The topological polar surface area (TPSA) is 47.2 Å². The van der Waals surface area contributed by atoms with E-state index in [0.717, 1.165) is 36.9 Å². The van der Waals surface area contributed by atoms with E-state index in [1.54, 1.807) is 23.0 Å². The van der Waals surface area contributed by atoms with E-state index < -0.39 is 0 Å². The van der Waals surface area contributed by atoms with Crippen molar-refractivity contribution in [3.8, 4) is 5.69 Å². The molecule has 4 nitrogen and oxygen atoms in total. The molecule has 3 rings (SSSR count). The number of halogens is 1. The fourth-order valence-corrected chi connectivity index (χ4v) is 3.10. The molecule has 20 heavy (non-hydrogen) atoms. The SMILES string of the molecule is O=C=NC1(c2ccc(-n3nccc3Cl)cc2)CCCC1.